The molecule has 0 saturated heterocycles. The van der Waals surface area contributed by atoms with Crippen molar-refractivity contribution in [2.45, 2.75) is 38.6 Å². The number of hydrogen-bond acceptors (Lipinski definition) is 3. The van der Waals surface area contributed by atoms with Crippen LogP contribution in [-0.2, 0) is 5.41 Å². The van der Waals surface area contributed by atoms with Crippen molar-refractivity contribution in [3.05, 3.63) is 57.8 Å². The van der Waals surface area contributed by atoms with E-state index in [9.17, 15) is 0 Å². The van der Waals surface area contributed by atoms with E-state index in [2.05, 4.69) is 62.5 Å². The zero-order valence-electron chi connectivity index (χ0n) is 12.7. The van der Waals surface area contributed by atoms with E-state index in [1.165, 1.54) is 25.4 Å². The minimum atomic E-state index is -0.0200. The Morgan fingerprint density at radius 2 is 1.81 bits per heavy atom. The molecular formula is C18H21NS2. The summed E-state index contributed by atoms with van der Waals surface area (Å²) in [5.41, 5.74) is 9.25. The number of nitrogens with two attached hydrogens (primary N) is 1. The first-order valence-electron chi connectivity index (χ1n) is 7.34. The summed E-state index contributed by atoms with van der Waals surface area (Å²) in [5.74, 6) is 0. The predicted molar refractivity (Wildman–Crippen MR) is 95.5 cm³/mol. The van der Waals surface area contributed by atoms with Crippen molar-refractivity contribution in [2.24, 2.45) is 5.73 Å². The number of benzene rings is 1. The van der Waals surface area contributed by atoms with E-state index in [0.717, 1.165) is 6.42 Å². The van der Waals surface area contributed by atoms with Crippen LogP contribution in [0.2, 0.25) is 0 Å². The summed E-state index contributed by atoms with van der Waals surface area (Å²) in [7, 11) is 0. The smallest absolute Gasteiger partial charge is 0.0646 e. The zero-order chi connectivity index (χ0) is 15.0. The van der Waals surface area contributed by atoms with Crippen molar-refractivity contribution in [3.8, 4) is 0 Å². The summed E-state index contributed by atoms with van der Waals surface area (Å²) in [5, 5.41) is 2.14. The van der Waals surface area contributed by atoms with Crippen LogP contribution in [0.25, 0.3) is 9.40 Å². The van der Waals surface area contributed by atoms with Crippen LogP contribution in [0.4, 0.5) is 0 Å². The van der Waals surface area contributed by atoms with Crippen LogP contribution in [0.3, 0.4) is 0 Å². The lowest BCUT2D eigenvalue weighted by atomic mass is 9.82. The van der Waals surface area contributed by atoms with Gasteiger partial charge in [0.2, 0.25) is 0 Å². The summed E-state index contributed by atoms with van der Waals surface area (Å²) >= 11 is 3.59. The van der Waals surface area contributed by atoms with Crippen molar-refractivity contribution in [2.75, 3.05) is 0 Å². The number of hydrogen-bond donors (Lipinski definition) is 1. The molecule has 2 aromatic heterocycles. The Kier molecular flexibility index (Phi) is 3.91. The van der Waals surface area contributed by atoms with Crippen LogP contribution in [-0.4, -0.2) is 0 Å². The Bertz CT molecular complexity index is 706. The molecule has 3 heteroatoms. The molecule has 0 fully saturated rings. The summed E-state index contributed by atoms with van der Waals surface area (Å²) in [6.45, 7) is 6.81. The number of rotatable bonds is 4. The third-order valence-electron chi connectivity index (χ3n) is 4.40. The molecule has 3 aromatic rings. The van der Waals surface area contributed by atoms with E-state index in [0.29, 0.717) is 0 Å². The maximum atomic E-state index is 6.45. The normalized spacial score (nSPS) is 13.7. The van der Waals surface area contributed by atoms with Gasteiger partial charge in [0.25, 0.3) is 0 Å². The van der Waals surface area contributed by atoms with Gasteiger partial charge in [-0.05, 0) is 40.5 Å². The van der Waals surface area contributed by atoms with E-state index in [4.69, 9.17) is 5.73 Å². The molecule has 1 atom stereocenters. The number of thiophene rings is 2. The third kappa shape index (κ3) is 2.78. The van der Waals surface area contributed by atoms with Gasteiger partial charge < -0.3 is 5.73 Å². The summed E-state index contributed by atoms with van der Waals surface area (Å²) in [6, 6.07) is 13.2. The third-order valence-corrected chi connectivity index (χ3v) is 6.58. The fourth-order valence-corrected chi connectivity index (χ4v) is 4.60. The van der Waals surface area contributed by atoms with Gasteiger partial charge in [-0.15, -0.1) is 22.7 Å². The molecule has 2 N–H and O–H groups in total. The van der Waals surface area contributed by atoms with Crippen molar-refractivity contribution >= 4 is 32.1 Å². The van der Waals surface area contributed by atoms with Gasteiger partial charge in [-0.1, -0.05) is 45.0 Å². The summed E-state index contributed by atoms with van der Waals surface area (Å²) in [4.78, 5) is 1.25. The maximum Gasteiger partial charge on any atom is 0.0646 e. The van der Waals surface area contributed by atoms with Gasteiger partial charge in [0.1, 0.15) is 0 Å². The Hall–Kier alpha value is -1.16. The molecule has 1 aromatic carbocycles. The highest BCUT2D eigenvalue weighted by Gasteiger charge is 2.19. The minimum Gasteiger partial charge on any atom is -0.320 e. The average molecular weight is 316 g/mol. The van der Waals surface area contributed by atoms with Crippen molar-refractivity contribution in [1.29, 1.82) is 0 Å². The standard InChI is InChI=1S/C18H21NS2/c1-4-18(2,3)13-7-5-12(6-8-13)17(19)16-11-15-14(21-16)9-10-20-15/h5-11,17H,4,19H2,1-3H3. The lowest BCUT2D eigenvalue weighted by molar-refractivity contribution is 0.506. The summed E-state index contributed by atoms with van der Waals surface area (Å²) in [6.07, 6.45) is 1.14. The van der Waals surface area contributed by atoms with Gasteiger partial charge in [-0.2, -0.15) is 0 Å². The zero-order valence-corrected chi connectivity index (χ0v) is 14.4. The second-order valence-electron chi connectivity index (χ2n) is 6.13. The Morgan fingerprint density at radius 3 is 2.43 bits per heavy atom. The fraction of sp³-hybridized carbons (Fsp3) is 0.333. The molecule has 2 heterocycles. The SMILES string of the molecule is CCC(C)(C)c1ccc(C(N)c2cc3sccc3s2)cc1. The molecular weight excluding hydrogens is 294 g/mol. The van der Waals surface area contributed by atoms with Gasteiger partial charge >= 0.3 is 0 Å². The molecule has 0 saturated carbocycles. The Balaban J connectivity index is 1.88. The topological polar surface area (TPSA) is 26.0 Å². The molecule has 0 bridgehead atoms. The van der Waals surface area contributed by atoms with Crippen LogP contribution in [0.1, 0.15) is 49.2 Å². The Labute approximate surface area is 134 Å². The van der Waals surface area contributed by atoms with Gasteiger partial charge in [0.05, 0.1) is 6.04 Å². The van der Waals surface area contributed by atoms with E-state index in [1.54, 1.807) is 22.7 Å². The van der Waals surface area contributed by atoms with Crippen LogP contribution in [0, 0.1) is 0 Å². The highest BCUT2D eigenvalue weighted by atomic mass is 32.1. The van der Waals surface area contributed by atoms with Crippen molar-refractivity contribution in [3.63, 3.8) is 0 Å². The number of fused-ring (bicyclic) bond motifs is 1. The molecule has 0 radical (unpaired) electrons. The molecule has 110 valence electrons. The molecule has 0 aliphatic carbocycles. The van der Waals surface area contributed by atoms with Crippen molar-refractivity contribution < 1.29 is 0 Å². The molecule has 3 rings (SSSR count). The van der Waals surface area contributed by atoms with Crippen LogP contribution >= 0.6 is 22.7 Å². The highest BCUT2D eigenvalue weighted by Crippen LogP contribution is 2.35. The van der Waals surface area contributed by atoms with Gasteiger partial charge in [0, 0.05) is 14.3 Å². The quantitative estimate of drug-likeness (QED) is 0.656. The van der Waals surface area contributed by atoms with Gasteiger partial charge in [-0.25, -0.2) is 0 Å². The lowest BCUT2D eigenvalue weighted by Gasteiger charge is -2.24. The van der Waals surface area contributed by atoms with Gasteiger partial charge in [-0.3, -0.25) is 0 Å². The van der Waals surface area contributed by atoms with Gasteiger partial charge in [0.15, 0.2) is 0 Å². The monoisotopic (exact) mass is 315 g/mol. The van der Waals surface area contributed by atoms with E-state index >= 15 is 0 Å². The molecule has 1 nitrogen and oxygen atoms in total. The Morgan fingerprint density at radius 1 is 1.10 bits per heavy atom. The summed E-state index contributed by atoms with van der Waals surface area (Å²) < 4.78 is 2.68. The van der Waals surface area contributed by atoms with E-state index < -0.39 is 0 Å². The van der Waals surface area contributed by atoms with E-state index in [-0.39, 0.29) is 11.5 Å². The molecule has 0 aliphatic heterocycles. The second-order valence-corrected chi connectivity index (χ2v) is 8.20. The van der Waals surface area contributed by atoms with E-state index in [1.807, 2.05) is 0 Å². The first kappa shape index (κ1) is 14.8. The molecule has 1 unspecified atom stereocenters. The molecule has 0 spiro atoms. The second kappa shape index (κ2) is 5.56. The molecule has 0 amide bonds. The first-order valence-corrected chi connectivity index (χ1v) is 9.04. The highest BCUT2D eigenvalue weighted by molar-refractivity contribution is 7.27. The van der Waals surface area contributed by atoms with Crippen LogP contribution in [0.15, 0.2) is 41.8 Å². The fourth-order valence-electron chi connectivity index (χ4n) is 2.45. The van der Waals surface area contributed by atoms with Crippen molar-refractivity contribution in [1.82, 2.24) is 0 Å². The average Bonchev–Trinajstić information content (AvgIpc) is 3.08. The maximum absolute atomic E-state index is 6.45. The minimum absolute atomic E-state index is 0.0200. The molecule has 0 aliphatic rings. The predicted octanol–water partition coefficient (Wildman–Crippen LogP) is 5.70. The largest absolute Gasteiger partial charge is 0.320 e. The van der Waals surface area contributed by atoms with Crippen LogP contribution < -0.4 is 5.73 Å². The van der Waals surface area contributed by atoms with Crippen LogP contribution in [0.5, 0.6) is 0 Å². The molecule has 21 heavy (non-hydrogen) atoms. The first-order chi connectivity index (χ1) is 10.0. The lowest BCUT2D eigenvalue weighted by Crippen LogP contribution is -2.16.